The molecule has 0 aliphatic carbocycles. The summed E-state index contributed by atoms with van der Waals surface area (Å²) in [6.45, 7) is 5.10. The molecule has 32 heavy (non-hydrogen) atoms. The van der Waals surface area contributed by atoms with Gasteiger partial charge in [-0.1, -0.05) is 23.7 Å². The molecule has 9 heteroatoms. The summed E-state index contributed by atoms with van der Waals surface area (Å²) in [6.07, 6.45) is 0.987. The third-order valence-corrected chi connectivity index (χ3v) is 5.45. The molecule has 174 valence electrons. The highest BCUT2D eigenvalue weighted by Crippen LogP contribution is 2.33. The highest BCUT2D eigenvalue weighted by Gasteiger charge is 2.25. The Morgan fingerprint density at radius 1 is 1.25 bits per heavy atom. The van der Waals surface area contributed by atoms with Crippen molar-refractivity contribution in [1.82, 2.24) is 16.0 Å². The number of nitrogens with zero attached hydrogens (tertiary/aromatic N) is 2. The molecule has 0 spiro atoms. The molecule has 0 bridgehead atoms. The molecule has 1 fully saturated rings. The molecule has 1 aliphatic rings. The molecule has 2 aromatic rings. The van der Waals surface area contributed by atoms with Gasteiger partial charge in [-0.3, -0.25) is 4.79 Å². The first-order chi connectivity index (χ1) is 15.0. The average Bonchev–Trinajstić information content (AvgIpc) is 3.25. The Balaban J connectivity index is 0.00000363. The van der Waals surface area contributed by atoms with Crippen molar-refractivity contribution in [2.24, 2.45) is 4.99 Å². The third-order valence-electron chi connectivity index (χ3n) is 5.22. The van der Waals surface area contributed by atoms with E-state index in [1.807, 2.05) is 49.4 Å². The van der Waals surface area contributed by atoms with Crippen molar-refractivity contribution in [1.29, 1.82) is 0 Å². The van der Waals surface area contributed by atoms with Crippen LogP contribution in [0.25, 0.3) is 0 Å². The lowest BCUT2D eigenvalue weighted by atomic mass is 10.1. The van der Waals surface area contributed by atoms with Crippen LogP contribution in [0.3, 0.4) is 0 Å². The normalized spacial score (nSPS) is 15.7. The maximum Gasteiger partial charge on any atom is 0.251 e. The highest BCUT2D eigenvalue weighted by molar-refractivity contribution is 14.0. The summed E-state index contributed by atoms with van der Waals surface area (Å²) in [5.41, 5.74) is 2.70. The van der Waals surface area contributed by atoms with Crippen LogP contribution >= 0.6 is 35.6 Å². The summed E-state index contributed by atoms with van der Waals surface area (Å²) >= 11 is 6.20. The molecular weight excluding hydrogens is 541 g/mol. The number of carbonyl (C=O) groups excluding carboxylic acids is 1. The molecule has 0 saturated carbocycles. The molecule has 0 radical (unpaired) electrons. The first-order valence-electron chi connectivity index (χ1n) is 10.5. The van der Waals surface area contributed by atoms with Gasteiger partial charge < -0.3 is 25.6 Å². The molecule has 1 unspecified atom stereocenters. The van der Waals surface area contributed by atoms with E-state index in [1.54, 1.807) is 14.2 Å². The van der Waals surface area contributed by atoms with Gasteiger partial charge in [0.15, 0.2) is 5.96 Å². The van der Waals surface area contributed by atoms with Crippen LogP contribution in [-0.2, 0) is 6.54 Å². The van der Waals surface area contributed by atoms with E-state index >= 15 is 0 Å². The van der Waals surface area contributed by atoms with Crippen LogP contribution in [0.15, 0.2) is 47.5 Å². The lowest BCUT2D eigenvalue weighted by Crippen LogP contribution is -2.44. The highest BCUT2D eigenvalue weighted by atomic mass is 127. The minimum absolute atomic E-state index is 0. The molecule has 0 aromatic heterocycles. The number of aliphatic imine (C=N–C) groups is 1. The first kappa shape index (κ1) is 26.1. The maximum absolute atomic E-state index is 11.7. The predicted octanol–water partition coefficient (Wildman–Crippen LogP) is 3.66. The monoisotopic (exact) mass is 571 g/mol. The summed E-state index contributed by atoms with van der Waals surface area (Å²) in [7, 11) is 3.30. The standard InChI is InChI=1S/C23H30ClN5O2.HI/c1-4-26-23(27-14-16-5-7-17(8-6-16)22(30)25-2)28-19-11-12-29(15-19)20-13-18(24)9-10-21(20)31-3;/h5-10,13,19H,4,11-12,14-15H2,1-3H3,(H,25,30)(H2,26,27,28);1H. The fourth-order valence-electron chi connectivity index (χ4n) is 3.60. The predicted molar refractivity (Wildman–Crippen MR) is 142 cm³/mol. The van der Waals surface area contributed by atoms with Crippen LogP contribution in [0.1, 0.15) is 29.3 Å². The van der Waals surface area contributed by atoms with E-state index in [0.717, 1.165) is 49.0 Å². The van der Waals surface area contributed by atoms with Crippen molar-refractivity contribution < 1.29 is 9.53 Å². The zero-order valence-electron chi connectivity index (χ0n) is 18.7. The first-order valence-corrected chi connectivity index (χ1v) is 10.9. The van der Waals surface area contributed by atoms with Gasteiger partial charge in [0.05, 0.1) is 19.3 Å². The fourth-order valence-corrected chi connectivity index (χ4v) is 3.76. The number of hydrogen-bond acceptors (Lipinski definition) is 4. The zero-order chi connectivity index (χ0) is 22.2. The van der Waals surface area contributed by atoms with E-state index in [1.165, 1.54) is 0 Å². The Morgan fingerprint density at radius 3 is 2.66 bits per heavy atom. The number of ether oxygens (including phenoxy) is 1. The number of anilines is 1. The zero-order valence-corrected chi connectivity index (χ0v) is 21.7. The summed E-state index contributed by atoms with van der Waals surface area (Å²) in [6, 6.07) is 13.4. The largest absolute Gasteiger partial charge is 0.495 e. The summed E-state index contributed by atoms with van der Waals surface area (Å²) < 4.78 is 5.50. The number of halogens is 2. The lowest BCUT2D eigenvalue weighted by molar-refractivity contribution is 0.0963. The minimum atomic E-state index is -0.0906. The van der Waals surface area contributed by atoms with E-state index in [4.69, 9.17) is 21.3 Å². The molecule has 1 saturated heterocycles. The van der Waals surface area contributed by atoms with E-state index < -0.39 is 0 Å². The van der Waals surface area contributed by atoms with Gasteiger partial charge in [0.2, 0.25) is 0 Å². The third kappa shape index (κ3) is 6.90. The Morgan fingerprint density at radius 2 is 2.00 bits per heavy atom. The molecule has 3 rings (SSSR count). The van der Waals surface area contributed by atoms with Gasteiger partial charge in [-0.15, -0.1) is 24.0 Å². The molecule has 2 aromatic carbocycles. The summed E-state index contributed by atoms with van der Waals surface area (Å²) in [5.74, 6) is 1.51. The Kier molecular flexibility index (Phi) is 10.4. The van der Waals surface area contributed by atoms with E-state index in [9.17, 15) is 4.79 Å². The van der Waals surface area contributed by atoms with Crippen LogP contribution in [0.2, 0.25) is 5.02 Å². The van der Waals surface area contributed by atoms with E-state index in [2.05, 4.69) is 20.9 Å². The Labute approximate surface area is 212 Å². The number of rotatable bonds is 7. The molecule has 3 N–H and O–H groups in total. The van der Waals surface area contributed by atoms with Crippen LogP contribution in [0, 0.1) is 0 Å². The van der Waals surface area contributed by atoms with Crippen LogP contribution in [-0.4, -0.2) is 51.7 Å². The fraction of sp³-hybridized carbons (Fsp3) is 0.391. The number of carbonyl (C=O) groups is 1. The number of hydrogen-bond donors (Lipinski definition) is 3. The van der Waals surface area contributed by atoms with Crippen LogP contribution < -0.4 is 25.6 Å². The lowest BCUT2D eigenvalue weighted by Gasteiger charge is -2.22. The maximum atomic E-state index is 11.7. The van der Waals surface area contributed by atoms with Gasteiger partial charge in [-0.05, 0) is 49.2 Å². The van der Waals surface area contributed by atoms with Crippen molar-refractivity contribution in [3.05, 3.63) is 58.6 Å². The minimum Gasteiger partial charge on any atom is -0.495 e. The molecule has 1 atom stereocenters. The Hall–Kier alpha value is -2.20. The van der Waals surface area contributed by atoms with Crippen LogP contribution in [0.5, 0.6) is 5.75 Å². The topological polar surface area (TPSA) is 78.0 Å². The second-order valence-electron chi connectivity index (χ2n) is 7.36. The molecular formula is C23H31ClIN5O2. The number of amides is 1. The van der Waals surface area contributed by atoms with Gasteiger partial charge in [-0.2, -0.15) is 0 Å². The van der Waals surface area contributed by atoms with E-state index in [0.29, 0.717) is 17.1 Å². The van der Waals surface area contributed by atoms with Gasteiger partial charge in [0.1, 0.15) is 5.75 Å². The van der Waals surface area contributed by atoms with Crippen molar-refractivity contribution in [2.45, 2.75) is 25.9 Å². The molecule has 1 aliphatic heterocycles. The SMILES string of the molecule is CCNC(=NCc1ccc(C(=O)NC)cc1)NC1CCN(c2cc(Cl)ccc2OC)C1.I. The van der Waals surface area contributed by atoms with Gasteiger partial charge in [0.25, 0.3) is 5.91 Å². The van der Waals surface area contributed by atoms with Gasteiger partial charge in [0, 0.05) is 43.3 Å². The molecule has 7 nitrogen and oxygen atoms in total. The van der Waals surface area contributed by atoms with E-state index in [-0.39, 0.29) is 35.9 Å². The summed E-state index contributed by atoms with van der Waals surface area (Å²) in [4.78, 5) is 18.7. The second-order valence-corrected chi connectivity index (χ2v) is 7.80. The molecule has 1 amide bonds. The quantitative estimate of drug-likeness (QED) is 0.269. The van der Waals surface area contributed by atoms with Crippen molar-refractivity contribution in [3.63, 3.8) is 0 Å². The van der Waals surface area contributed by atoms with Gasteiger partial charge in [-0.25, -0.2) is 4.99 Å². The smallest absolute Gasteiger partial charge is 0.251 e. The van der Waals surface area contributed by atoms with Crippen molar-refractivity contribution in [3.8, 4) is 5.75 Å². The average molecular weight is 572 g/mol. The summed E-state index contributed by atoms with van der Waals surface area (Å²) in [5, 5.41) is 10.2. The van der Waals surface area contributed by atoms with Crippen molar-refractivity contribution >= 4 is 53.1 Å². The molecule has 1 heterocycles. The Bertz CT molecular complexity index is 923. The van der Waals surface area contributed by atoms with Gasteiger partial charge >= 0.3 is 0 Å². The number of guanidine groups is 1. The number of benzene rings is 2. The number of methoxy groups -OCH3 is 1. The van der Waals surface area contributed by atoms with Crippen molar-refractivity contribution in [2.75, 3.05) is 38.7 Å². The van der Waals surface area contributed by atoms with Crippen LogP contribution in [0.4, 0.5) is 5.69 Å². The second kappa shape index (κ2) is 12.7. The number of nitrogens with one attached hydrogen (secondary N) is 3.